The third-order valence-electron chi connectivity index (χ3n) is 2.78. The van der Waals surface area contributed by atoms with Crippen LogP contribution in [0.1, 0.15) is 33.6 Å². The van der Waals surface area contributed by atoms with Gasteiger partial charge >= 0.3 is 6.03 Å². The number of amides is 2. The van der Waals surface area contributed by atoms with Gasteiger partial charge in [0.2, 0.25) is 10.0 Å². The summed E-state index contributed by atoms with van der Waals surface area (Å²) in [7, 11) is -3.21. The predicted molar refractivity (Wildman–Crippen MR) is 84.7 cm³/mol. The van der Waals surface area contributed by atoms with Gasteiger partial charge in [-0.25, -0.2) is 23.0 Å². The number of hydroxylamine groups is 2. The van der Waals surface area contributed by atoms with Gasteiger partial charge in [0.05, 0.1) is 26.0 Å². The van der Waals surface area contributed by atoms with Crippen LogP contribution >= 0.6 is 0 Å². The van der Waals surface area contributed by atoms with Gasteiger partial charge in [0.25, 0.3) is 0 Å². The molecule has 0 aliphatic carbocycles. The zero-order valence-corrected chi connectivity index (χ0v) is 14.7. The Balaban J connectivity index is 4.42. The van der Waals surface area contributed by atoms with Crippen LogP contribution in [-0.4, -0.2) is 74.7 Å². The number of hydrogen-bond acceptors (Lipinski definition) is 5. The van der Waals surface area contributed by atoms with Crippen molar-refractivity contribution in [1.82, 2.24) is 14.7 Å². The monoisotopic (exact) mass is 339 g/mol. The van der Waals surface area contributed by atoms with E-state index in [4.69, 9.17) is 9.94 Å². The average Bonchev–Trinajstić information content (AvgIpc) is 2.41. The van der Waals surface area contributed by atoms with Crippen molar-refractivity contribution in [1.29, 1.82) is 0 Å². The Bertz CT molecular complexity index is 414. The number of nitrogens with zero attached hydrogens (tertiary/aromatic N) is 2. The van der Waals surface area contributed by atoms with Crippen molar-refractivity contribution in [2.45, 2.75) is 39.7 Å². The van der Waals surface area contributed by atoms with E-state index in [2.05, 4.69) is 4.72 Å². The molecule has 0 saturated carbocycles. The van der Waals surface area contributed by atoms with Gasteiger partial charge in [0, 0.05) is 19.1 Å². The van der Waals surface area contributed by atoms with Gasteiger partial charge in [0.15, 0.2) is 0 Å². The van der Waals surface area contributed by atoms with Gasteiger partial charge < -0.3 is 10.0 Å². The van der Waals surface area contributed by atoms with Crippen LogP contribution in [0, 0.1) is 0 Å². The summed E-state index contributed by atoms with van der Waals surface area (Å²) >= 11 is 0. The maximum absolute atomic E-state index is 12.4. The standard InChI is InChI=1S/C13H29N3O5S/c1-5-8-16(13(18)15(9-10-17)12(2)3)21-11-6-7-14-22(4,19)20/h12,14,17H,5-11H2,1-4H3. The molecule has 22 heavy (non-hydrogen) atoms. The molecular weight excluding hydrogens is 310 g/mol. The van der Waals surface area contributed by atoms with Crippen molar-refractivity contribution in [2.75, 3.05) is 39.1 Å². The molecule has 0 aliphatic heterocycles. The summed E-state index contributed by atoms with van der Waals surface area (Å²) in [5.41, 5.74) is 0. The first-order valence-electron chi connectivity index (χ1n) is 7.49. The number of hydrogen-bond donors (Lipinski definition) is 2. The number of sulfonamides is 1. The largest absolute Gasteiger partial charge is 0.395 e. The third kappa shape index (κ3) is 9.19. The van der Waals surface area contributed by atoms with Crippen molar-refractivity contribution < 1.29 is 23.2 Å². The van der Waals surface area contributed by atoms with E-state index >= 15 is 0 Å². The molecule has 0 radical (unpaired) electrons. The number of aliphatic hydroxyl groups is 1. The number of carbonyl (C=O) groups excluding carboxylic acids is 1. The summed E-state index contributed by atoms with van der Waals surface area (Å²) in [4.78, 5) is 19.4. The minimum atomic E-state index is -3.21. The second-order valence-corrected chi connectivity index (χ2v) is 7.08. The van der Waals surface area contributed by atoms with E-state index in [1.165, 1.54) is 9.96 Å². The number of rotatable bonds is 11. The summed E-state index contributed by atoms with van der Waals surface area (Å²) in [5.74, 6) is 0. The van der Waals surface area contributed by atoms with Crippen LogP contribution in [0.15, 0.2) is 0 Å². The Hall–Kier alpha value is -0.900. The molecule has 0 fully saturated rings. The SMILES string of the molecule is CCCN(OCCCNS(C)(=O)=O)C(=O)N(CCO)C(C)C. The van der Waals surface area contributed by atoms with Crippen molar-refractivity contribution in [3.8, 4) is 0 Å². The Kier molecular flexibility index (Phi) is 10.3. The molecule has 2 amide bonds. The molecule has 0 aromatic heterocycles. The molecule has 9 heteroatoms. The lowest BCUT2D eigenvalue weighted by atomic mass is 10.3. The maximum atomic E-state index is 12.4. The lowest BCUT2D eigenvalue weighted by molar-refractivity contribution is -0.127. The smallest absolute Gasteiger partial charge is 0.344 e. The first-order valence-corrected chi connectivity index (χ1v) is 9.38. The van der Waals surface area contributed by atoms with E-state index in [-0.39, 0.29) is 38.4 Å². The second kappa shape index (κ2) is 10.8. The normalized spacial score (nSPS) is 11.7. The fraction of sp³-hybridized carbons (Fsp3) is 0.923. The lowest BCUT2D eigenvalue weighted by Crippen LogP contribution is -2.48. The highest BCUT2D eigenvalue weighted by Gasteiger charge is 2.23. The third-order valence-corrected chi connectivity index (χ3v) is 3.51. The highest BCUT2D eigenvalue weighted by atomic mass is 32.2. The van der Waals surface area contributed by atoms with E-state index < -0.39 is 10.0 Å². The van der Waals surface area contributed by atoms with E-state index in [0.29, 0.717) is 13.0 Å². The Morgan fingerprint density at radius 1 is 1.32 bits per heavy atom. The van der Waals surface area contributed by atoms with Crippen molar-refractivity contribution >= 4 is 16.1 Å². The fourth-order valence-electron chi connectivity index (χ4n) is 1.75. The van der Waals surface area contributed by atoms with E-state index in [0.717, 1.165) is 12.7 Å². The van der Waals surface area contributed by atoms with Crippen LogP contribution in [0.5, 0.6) is 0 Å². The van der Waals surface area contributed by atoms with Crippen molar-refractivity contribution in [3.05, 3.63) is 0 Å². The lowest BCUT2D eigenvalue weighted by Gasteiger charge is -2.32. The van der Waals surface area contributed by atoms with Gasteiger partial charge in [-0.15, -0.1) is 0 Å². The van der Waals surface area contributed by atoms with Gasteiger partial charge in [0.1, 0.15) is 0 Å². The molecule has 0 saturated heterocycles. The molecule has 0 aromatic rings. The van der Waals surface area contributed by atoms with E-state index in [9.17, 15) is 13.2 Å². The first kappa shape index (κ1) is 21.1. The summed E-state index contributed by atoms with van der Waals surface area (Å²) < 4.78 is 24.2. The van der Waals surface area contributed by atoms with Crippen LogP contribution in [0.2, 0.25) is 0 Å². The highest BCUT2D eigenvalue weighted by Crippen LogP contribution is 2.06. The van der Waals surface area contributed by atoms with E-state index in [1.807, 2.05) is 20.8 Å². The molecule has 0 atom stereocenters. The van der Waals surface area contributed by atoms with Gasteiger partial charge in [-0.3, -0.25) is 4.84 Å². The quantitative estimate of drug-likeness (QED) is 0.419. The van der Waals surface area contributed by atoms with Gasteiger partial charge in [-0.2, -0.15) is 0 Å². The van der Waals surface area contributed by atoms with Crippen molar-refractivity contribution in [3.63, 3.8) is 0 Å². The van der Waals surface area contributed by atoms with Crippen LogP contribution in [0.4, 0.5) is 4.79 Å². The summed E-state index contributed by atoms with van der Waals surface area (Å²) in [5, 5.41) is 10.3. The van der Waals surface area contributed by atoms with E-state index in [1.54, 1.807) is 0 Å². The topological polar surface area (TPSA) is 99.2 Å². The highest BCUT2D eigenvalue weighted by molar-refractivity contribution is 7.88. The number of aliphatic hydroxyl groups excluding tert-OH is 1. The molecule has 0 unspecified atom stereocenters. The molecule has 0 rings (SSSR count). The van der Waals surface area contributed by atoms with Crippen LogP contribution in [0.25, 0.3) is 0 Å². The van der Waals surface area contributed by atoms with Crippen LogP contribution < -0.4 is 4.72 Å². The van der Waals surface area contributed by atoms with Gasteiger partial charge in [-0.1, -0.05) is 6.92 Å². The second-order valence-electron chi connectivity index (χ2n) is 5.25. The molecule has 8 nitrogen and oxygen atoms in total. The zero-order valence-electron chi connectivity index (χ0n) is 13.9. The molecule has 0 aromatic carbocycles. The summed E-state index contributed by atoms with van der Waals surface area (Å²) in [6.45, 7) is 6.74. The Morgan fingerprint density at radius 3 is 2.41 bits per heavy atom. The Labute approximate surface area is 133 Å². The minimum absolute atomic E-state index is 0.0468. The number of carbonyl (C=O) groups is 1. The fourth-order valence-corrected chi connectivity index (χ4v) is 2.26. The first-order chi connectivity index (χ1) is 10.2. The maximum Gasteiger partial charge on any atom is 0.344 e. The molecule has 0 heterocycles. The Morgan fingerprint density at radius 2 is 1.95 bits per heavy atom. The molecule has 0 spiro atoms. The average molecular weight is 339 g/mol. The summed E-state index contributed by atoms with van der Waals surface area (Å²) in [6.07, 6.45) is 2.29. The molecule has 0 bridgehead atoms. The van der Waals surface area contributed by atoms with Crippen molar-refractivity contribution in [2.24, 2.45) is 0 Å². The molecule has 0 aliphatic rings. The molecule has 132 valence electrons. The number of nitrogens with one attached hydrogen (secondary N) is 1. The minimum Gasteiger partial charge on any atom is -0.395 e. The van der Waals surface area contributed by atoms with Crippen LogP contribution in [0.3, 0.4) is 0 Å². The van der Waals surface area contributed by atoms with Crippen LogP contribution in [-0.2, 0) is 14.9 Å². The predicted octanol–water partition coefficient (Wildman–Crippen LogP) is 0.392. The summed E-state index contributed by atoms with van der Waals surface area (Å²) in [6, 6.07) is -0.337. The zero-order chi connectivity index (χ0) is 17.2. The number of urea groups is 1. The van der Waals surface area contributed by atoms with Gasteiger partial charge in [-0.05, 0) is 26.7 Å². The molecule has 2 N–H and O–H groups in total. The molecular formula is C13H29N3O5S.